The van der Waals surface area contributed by atoms with Crippen molar-refractivity contribution in [3.8, 4) is 16.9 Å². The average molecular weight is 285 g/mol. The van der Waals surface area contributed by atoms with Gasteiger partial charge in [-0.2, -0.15) is 0 Å². The standard InChI is InChI=1S/C12H7BrF2O/c13-8-5-6-9(14)11(12(8)15)7-3-1-2-4-10(7)16/h1-6,16H. The lowest BCUT2D eigenvalue weighted by atomic mass is 10.0. The fourth-order valence-electron chi connectivity index (χ4n) is 1.46. The van der Waals surface area contributed by atoms with Crippen LogP contribution < -0.4 is 0 Å². The van der Waals surface area contributed by atoms with E-state index in [0.29, 0.717) is 0 Å². The SMILES string of the molecule is Oc1ccccc1-c1c(F)ccc(Br)c1F. The molecule has 0 amide bonds. The maximum Gasteiger partial charge on any atom is 0.148 e. The molecule has 16 heavy (non-hydrogen) atoms. The molecule has 0 bridgehead atoms. The van der Waals surface area contributed by atoms with Gasteiger partial charge in [-0.15, -0.1) is 0 Å². The molecule has 0 aliphatic heterocycles. The van der Waals surface area contributed by atoms with Crippen LogP contribution in [0.25, 0.3) is 11.1 Å². The Labute approximate surface area is 99.5 Å². The molecular formula is C12H7BrF2O. The molecule has 0 aromatic heterocycles. The molecule has 0 aliphatic rings. The van der Waals surface area contributed by atoms with Gasteiger partial charge in [0.05, 0.1) is 10.0 Å². The second kappa shape index (κ2) is 4.22. The van der Waals surface area contributed by atoms with Gasteiger partial charge in [0.15, 0.2) is 0 Å². The molecule has 2 aromatic rings. The van der Waals surface area contributed by atoms with Crippen LogP contribution in [0, 0.1) is 11.6 Å². The summed E-state index contributed by atoms with van der Waals surface area (Å²) >= 11 is 2.98. The summed E-state index contributed by atoms with van der Waals surface area (Å²) in [7, 11) is 0. The minimum absolute atomic E-state index is 0.138. The number of halogens is 3. The Bertz CT molecular complexity index is 541. The normalized spacial score (nSPS) is 10.4. The minimum atomic E-state index is -0.721. The van der Waals surface area contributed by atoms with Gasteiger partial charge in [0.25, 0.3) is 0 Å². The van der Waals surface area contributed by atoms with Gasteiger partial charge in [-0.1, -0.05) is 18.2 Å². The molecule has 0 radical (unpaired) electrons. The van der Waals surface area contributed by atoms with Crippen LogP contribution in [0.3, 0.4) is 0 Å². The fraction of sp³-hybridized carbons (Fsp3) is 0. The topological polar surface area (TPSA) is 20.2 Å². The number of benzene rings is 2. The van der Waals surface area contributed by atoms with E-state index in [9.17, 15) is 13.9 Å². The minimum Gasteiger partial charge on any atom is -0.507 e. The number of phenols is 1. The van der Waals surface area contributed by atoms with Crippen molar-refractivity contribution in [3.63, 3.8) is 0 Å². The number of aromatic hydroxyl groups is 1. The molecule has 0 fully saturated rings. The summed E-state index contributed by atoms with van der Waals surface area (Å²) in [5.74, 6) is -1.58. The van der Waals surface area contributed by atoms with Crippen LogP contribution in [0.5, 0.6) is 5.75 Å². The second-order valence-electron chi connectivity index (χ2n) is 3.24. The van der Waals surface area contributed by atoms with E-state index in [2.05, 4.69) is 15.9 Å². The van der Waals surface area contributed by atoms with Crippen molar-refractivity contribution >= 4 is 15.9 Å². The molecule has 0 saturated heterocycles. The predicted octanol–water partition coefficient (Wildman–Crippen LogP) is 4.10. The van der Waals surface area contributed by atoms with E-state index in [0.717, 1.165) is 6.07 Å². The Morgan fingerprint density at radius 3 is 2.38 bits per heavy atom. The summed E-state index contributed by atoms with van der Waals surface area (Å²) in [6, 6.07) is 8.48. The lowest BCUT2D eigenvalue weighted by molar-refractivity contribution is 0.475. The van der Waals surface area contributed by atoms with E-state index >= 15 is 0 Å². The second-order valence-corrected chi connectivity index (χ2v) is 4.09. The monoisotopic (exact) mass is 284 g/mol. The van der Waals surface area contributed by atoms with Crippen LogP contribution in [0.2, 0.25) is 0 Å². The first-order chi connectivity index (χ1) is 7.61. The van der Waals surface area contributed by atoms with E-state index in [1.54, 1.807) is 12.1 Å². The summed E-state index contributed by atoms with van der Waals surface area (Å²) in [6.45, 7) is 0. The number of phenolic OH excluding ortho intramolecular Hbond substituents is 1. The quantitative estimate of drug-likeness (QED) is 0.782. The third-order valence-corrected chi connectivity index (χ3v) is 2.83. The first kappa shape index (κ1) is 11.1. The number of para-hydroxylation sites is 1. The number of rotatable bonds is 1. The Kier molecular flexibility index (Phi) is 2.92. The van der Waals surface area contributed by atoms with Gasteiger partial charge in [0.1, 0.15) is 17.4 Å². The van der Waals surface area contributed by atoms with Gasteiger partial charge in [0, 0.05) is 5.56 Å². The van der Waals surface area contributed by atoms with Crippen molar-refractivity contribution in [1.29, 1.82) is 0 Å². The van der Waals surface area contributed by atoms with Crippen LogP contribution in [0.15, 0.2) is 40.9 Å². The summed E-state index contributed by atoms with van der Waals surface area (Å²) in [5, 5.41) is 9.56. The fourth-order valence-corrected chi connectivity index (χ4v) is 1.79. The molecule has 0 heterocycles. The number of hydrogen-bond donors (Lipinski definition) is 1. The smallest absolute Gasteiger partial charge is 0.148 e. The van der Waals surface area contributed by atoms with Crippen LogP contribution >= 0.6 is 15.9 Å². The van der Waals surface area contributed by atoms with E-state index in [4.69, 9.17) is 0 Å². The molecule has 2 rings (SSSR count). The van der Waals surface area contributed by atoms with Crippen LogP contribution in [0.1, 0.15) is 0 Å². The lowest BCUT2D eigenvalue weighted by Crippen LogP contribution is -1.91. The third kappa shape index (κ3) is 1.80. The third-order valence-electron chi connectivity index (χ3n) is 2.22. The van der Waals surface area contributed by atoms with Gasteiger partial charge >= 0.3 is 0 Å². The highest BCUT2D eigenvalue weighted by Gasteiger charge is 2.16. The first-order valence-electron chi connectivity index (χ1n) is 4.53. The first-order valence-corrected chi connectivity index (χ1v) is 5.32. The maximum atomic E-state index is 13.7. The Hall–Kier alpha value is -1.42. The zero-order valence-electron chi connectivity index (χ0n) is 8.05. The Balaban J connectivity index is 2.74. The van der Waals surface area contributed by atoms with Crippen molar-refractivity contribution < 1.29 is 13.9 Å². The van der Waals surface area contributed by atoms with Gasteiger partial charge in [-0.25, -0.2) is 8.78 Å². The Morgan fingerprint density at radius 1 is 1.00 bits per heavy atom. The molecule has 4 heteroatoms. The van der Waals surface area contributed by atoms with Crippen molar-refractivity contribution in [2.24, 2.45) is 0 Å². The van der Waals surface area contributed by atoms with Crippen molar-refractivity contribution in [2.45, 2.75) is 0 Å². The molecule has 0 spiro atoms. The largest absolute Gasteiger partial charge is 0.507 e. The summed E-state index contributed by atoms with van der Waals surface area (Å²) < 4.78 is 27.4. The average Bonchev–Trinajstić information content (AvgIpc) is 2.27. The maximum absolute atomic E-state index is 13.7. The van der Waals surface area contributed by atoms with E-state index in [1.165, 1.54) is 18.2 Å². The highest BCUT2D eigenvalue weighted by Crippen LogP contribution is 2.35. The Morgan fingerprint density at radius 2 is 1.69 bits per heavy atom. The molecule has 2 aromatic carbocycles. The summed E-state index contributed by atoms with van der Waals surface area (Å²) in [4.78, 5) is 0. The molecule has 0 saturated carbocycles. The molecule has 0 unspecified atom stereocenters. The summed E-state index contributed by atoms with van der Waals surface area (Å²) in [5.41, 5.74) is -0.0914. The van der Waals surface area contributed by atoms with E-state index < -0.39 is 11.6 Å². The molecule has 0 aliphatic carbocycles. The highest BCUT2D eigenvalue weighted by molar-refractivity contribution is 9.10. The highest BCUT2D eigenvalue weighted by atomic mass is 79.9. The molecule has 1 nitrogen and oxygen atoms in total. The van der Waals surface area contributed by atoms with E-state index in [1.807, 2.05) is 0 Å². The van der Waals surface area contributed by atoms with Crippen molar-refractivity contribution in [2.75, 3.05) is 0 Å². The van der Waals surface area contributed by atoms with Crippen molar-refractivity contribution in [1.82, 2.24) is 0 Å². The molecule has 0 atom stereocenters. The van der Waals surface area contributed by atoms with Crippen LogP contribution in [0.4, 0.5) is 8.78 Å². The molecular weight excluding hydrogens is 278 g/mol. The lowest BCUT2D eigenvalue weighted by Gasteiger charge is -2.08. The summed E-state index contributed by atoms with van der Waals surface area (Å²) in [6.07, 6.45) is 0. The van der Waals surface area contributed by atoms with Crippen LogP contribution in [-0.4, -0.2) is 5.11 Å². The molecule has 1 N–H and O–H groups in total. The van der Waals surface area contributed by atoms with E-state index in [-0.39, 0.29) is 21.3 Å². The van der Waals surface area contributed by atoms with Gasteiger partial charge < -0.3 is 5.11 Å². The van der Waals surface area contributed by atoms with Crippen LogP contribution in [-0.2, 0) is 0 Å². The number of hydrogen-bond acceptors (Lipinski definition) is 1. The molecule has 82 valence electrons. The predicted molar refractivity (Wildman–Crippen MR) is 61.2 cm³/mol. The zero-order chi connectivity index (χ0) is 11.7. The van der Waals surface area contributed by atoms with Gasteiger partial charge in [-0.05, 0) is 34.1 Å². The van der Waals surface area contributed by atoms with Gasteiger partial charge in [0.2, 0.25) is 0 Å². The van der Waals surface area contributed by atoms with Gasteiger partial charge in [-0.3, -0.25) is 0 Å². The zero-order valence-corrected chi connectivity index (χ0v) is 9.63. The van der Waals surface area contributed by atoms with Crippen molar-refractivity contribution in [3.05, 3.63) is 52.5 Å².